The molecule has 5 heteroatoms. The van der Waals surface area contributed by atoms with E-state index in [-0.39, 0.29) is 23.6 Å². The van der Waals surface area contributed by atoms with Crippen molar-refractivity contribution in [1.82, 2.24) is 9.80 Å². The molecule has 168 valence electrons. The molecule has 0 radical (unpaired) electrons. The molecule has 4 aliphatic heterocycles. The zero-order chi connectivity index (χ0) is 20.3. The van der Waals surface area contributed by atoms with Gasteiger partial charge in [-0.1, -0.05) is 13.3 Å². The zero-order valence-electron chi connectivity index (χ0n) is 18.8. The fourth-order valence-corrected chi connectivity index (χ4v) is 8.19. The summed E-state index contributed by atoms with van der Waals surface area (Å²) in [5, 5.41) is 0. The number of epoxide rings is 1. The van der Waals surface area contributed by atoms with E-state index >= 15 is 0 Å². The third-order valence-electron chi connectivity index (χ3n) is 10.00. The predicted molar refractivity (Wildman–Crippen MR) is 115 cm³/mol. The van der Waals surface area contributed by atoms with Crippen LogP contribution in [0.3, 0.4) is 0 Å². The van der Waals surface area contributed by atoms with Gasteiger partial charge in [-0.25, -0.2) is 0 Å². The normalized spacial score (nSPS) is 47.7. The van der Waals surface area contributed by atoms with Crippen molar-refractivity contribution in [1.29, 1.82) is 0 Å². The molecule has 0 amide bonds. The van der Waals surface area contributed by atoms with Gasteiger partial charge in [-0.15, -0.1) is 0 Å². The Balaban J connectivity index is 1.10. The van der Waals surface area contributed by atoms with E-state index in [1.165, 1.54) is 64.5 Å². The molecule has 6 aliphatic rings. The summed E-state index contributed by atoms with van der Waals surface area (Å²) in [4.78, 5) is 18.2. The second kappa shape index (κ2) is 7.45. The van der Waals surface area contributed by atoms with Crippen LogP contribution >= 0.6 is 0 Å². The molecular formula is C25H40N2O3. The van der Waals surface area contributed by atoms with E-state index in [2.05, 4.69) is 16.7 Å². The molecular weight excluding hydrogens is 376 g/mol. The maximum absolute atomic E-state index is 12.9. The molecule has 0 aromatic heterocycles. The van der Waals surface area contributed by atoms with Gasteiger partial charge in [0.2, 0.25) is 0 Å². The van der Waals surface area contributed by atoms with Gasteiger partial charge in [0.25, 0.3) is 0 Å². The largest absolute Gasteiger partial charge is 0.462 e. The smallest absolute Gasteiger partial charge is 0.310 e. The summed E-state index contributed by atoms with van der Waals surface area (Å²) < 4.78 is 12.1. The Labute approximate surface area is 181 Å². The van der Waals surface area contributed by atoms with Gasteiger partial charge >= 0.3 is 5.97 Å². The number of hydrogen-bond acceptors (Lipinski definition) is 5. The summed E-state index contributed by atoms with van der Waals surface area (Å²) in [6.07, 6.45) is 12.8. The summed E-state index contributed by atoms with van der Waals surface area (Å²) >= 11 is 0. The van der Waals surface area contributed by atoms with Crippen molar-refractivity contribution < 1.29 is 14.3 Å². The minimum Gasteiger partial charge on any atom is -0.462 e. The van der Waals surface area contributed by atoms with Gasteiger partial charge in [-0.2, -0.15) is 0 Å². The Morgan fingerprint density at radius 2 is 1.80 bits per heavy atom. The van der Waals surface area contributed by atoms with Gasteiger partial charge in [-0.3, -0.25) is 4.79 Å². The van der Waals surface area contributed by atoms with Gasteiger partial charge in [0.15, 0.2) is 0 Å². The Morgan fingerprint density at radius 3 is 2.53 bits per heavy atom. The van der Waals surface area contributed by atoms with Crippen LogP contribution in [0.2, 0.25) is 0 Å². The topological polar surface area (TPSA) is 45.3 Å². The lowest BCUT2D eigenvalue weighted by Crippen LogP contribution is -2.52. The molecule has 30 heavy (non-hydrogen) atoms. The number of hydrogen-bond donors (Lipinski definition) is 0. The molecule has 0 aromatic rings. The molecule has 6 fully saturated rings. The number of piperidine rings is 2. The van der Waals surface area contributed by atoms with Crippen LogP contribution in [0.4, 0.5) is 0 Å². The Hall–Kier alpha value is -0.650. The van der Waals surface area contributed by atoms with Crippen molar-refractivity contribution in [3.8, 4) is 0 Å². The van der Waals surface area contributed by atoms with Gasteiger partial charge in [-0.05, 0) is 95.3 Å². The van der Waals surface area contributed by atoms with Gasteiger partial charge in [0, 0.05) is 18.5 Å². The highest BCUT2D eigenvalue weighted by Crippen LogP contribution is 2.62. The van der Waals surface area contributed by atoms with E-state index in [0.29, 0.717) is 17.3 Å². The van der Waals surface area contributed by atoms with Crippen LogP contribution in [-0.4, -0.2) is 72.8 Å². The first-order chi connectivity index (χ1) is 14.6. The van der Waals surface area contributed by atoms with Crippen molar-refractivity contribution in [2.75, 3.05) is 39.3 Å². The second-order valence-corrected chi connectivity index (χ2v) is 11.7. The van der Waals surface area contributed by atoms with Crippen molar-refractivity contribution in [3.63, 3.8) is 0 Å². The van der Waals surface area contributed by atoms with Crippen molar-refractivity contribution >= 4 is 5.97 Å². The number of esters is 1. The van der Waals surface area contributed by atoms with E-state index in [9.17, 15) is 4.79 Å². The SMILES string of the molecule is C[C@]12CCC[C@@]3(CO3)[C@H]1C[C@H]1[C@@H](C2)OC(=O)[C@@H]1CN1CCC(N2CCCCC2)CC1. The van der Waals surface area contributed by atoms with Crippen LogP contribution in [0.25, 0.3) is 0 Å². The molecule has 0 aromatic carbocycles. The highest BCUT2D eigenvalue weighted by molar-refractivity contribution is 5.75. The first kappa shape index (κ1) is 20.0. The highest BCUT2D eigenvalue weighted by atomic mass is 16.6. The van der Waals surface area contributed by atoms with Crippen molar-refractivity contribution in [2.24, 2.45) is 23.2 Å². The Morgan fingerprint density at radius 1 is 1.03 bits per heavy atom. The summed E-state index contributed by atoms with van der Waals surface area (Å²) in [7, 11) is 0. The zero-order valence-corrected chi connectivity index (χ0v) is 18.8. The molecule has 1 spiro atoms. The lowest BCUT2D eigenvalue weighted by atomic mass is 9.53. The van der Waals surface area contributed by atoms with Crippen LogP contribution < -0.4 is 0 Å². The summed E-state index contributed by atoms with van der Waals surface area (Å²) in [5.41, 5.74) is 0.457. The fraction of sp³-hybridized carbons (Fsp3) is 0.960. The molecule has 0 N–H and O–H groups in total. The second-order valence-electron chi connectivity index (χ2n) is 11.7. The van der Waals surface area contributed by atoms with Gasteiger partial charge < -0.3 is 19.3 Å². The standard InChI is InChI=1S/C25H40N2O3/c1-24-8-5-9-25(17-29-25)22(24)14-19-20(23(28)30-21(19)15-24)16-26-12-6-18(7-13-26)27-10-3-2-4-11-27/h18-22H,2-17H2,1H3/t19-,20-,21-,22+,24-,25-/m1/s1. The number of fused-ring (bicyclic) bond motifs is 3. The third-order valence-corrected chi connectivity index (χ3v) is 10.00. The number of ether oxygens (including phenoxy) is 2. The van der Waals surface area contributed by atoms with E-state index in [4.69, 9.17) is 9.47 Å². The molecule has 0 bridgehead atoms. The average molecular weight is 417 g/mol. The van der Waals surface area contributed by atoms with Crippen LogP contribution in [0.15, 0.2) is 0 Å². The van der Waals surface area contributed by atoms with E-state index < -0.39 is 0 Å². The van der Waals surface area contributed by atoms with Gasteiger partial charge in [0.05, 0.1) is 18.1 Å². The molecule has 5 nitrogen and oxygen atoms in total. The molecule has 0 unspecified atom stereocenters. The summed E-state index contributed by atoms with van der Waals surface area (Å²) in [6.45, 7) is 9.22. The average Bonchev–Trinajstić information content (AvgIpc) is 3.46. The van der Waals surface area contributed by atoms with Crippen LogP contribution in [0, 0.1) is 23.2 Å². The van der Waals surface area contributed by atoms with Crippen LogP contribution in [0.1, 0.15) is 71.1 Å². The lowest BCUT2D eigenvalue weighted by Gasteiger charge is -2.51. The number of carbonyl (C=O) groups is 1. The highest BCUT2D eigenvalue weighted by Gasteiger charge is 2.65. The quantitative estimate of drug-likeness (QED) is 0.521. The monoisotopic (exact) mass is 416 g/mol. The first-order valence-electron chi connectivity index (χ1n) is 12.9. The van der Waals surface area contributed by atoms with Crippen molar-refractivity contribution in [3.05, 3.63) is 0 Å². The Bertz CT molecular complexity index is 665. The number of nitrogens with zero attached hydrogens (tertiary/aromatic N) is 2. The third kappa shape index (κ3) is 3.34. The minimum atomic E-state index is 0.0869. The predicted octanol–water partition coefficient (Wildman–Crippen LogP) is 3.46. The Kier molecular flexibility index (Phi) is 4.97. The summed E-state index contributed by atoms with van der Waals surface area (Å²) in [5.74, 6) is 1.22. The lowest BCUT2D eigenvalue weighted by molar-refractivity contribution is -0.147. The fourth-order valence-electron chi connectivity index (χ4n) is 8.19. The molecule has 6 rings (SSSR count). The molecule has 6 atom stereocenters. The molecule has 2 aliphatic carbocycles. The number of likely N-dealkylation sites (tertiary alicyclic amines) is 2. The minimum absolute atomic E-state index is 0.0869. The van der Waals surface area contributed by atoms with E-state index in [1.54, 1.807) is 0 Å². The number of rotatable bonds is 3. The molecule has 4 saturated heterocycles. The van der Waals surface area contributed by atoms with Crippen LogP contribution in [-0.2, 0) is 14.3 Å². The summed E-state index contributed by atoms with van der Waals surface area (Å²) in [6, 6.07) is 0.773. The van der Waals surface area contributed by atoms with Gasteiger partial charge in [0.1, 0.15) is 6.10 Å². The number of carbonyl (C=O) groups excluding carboxylic acids is 1. The van der Waals surface area contributed by atoms with E-state index in [1.807, 2.05) is 0 Å². The maximum Gasteiger partial charge on any atom is 0.310 e. The first-order valence-corrected chi connectivity index (χ1v) is 12.9. The van der Waals surface area contributed by atoms with Crippen LogP contribution in [0.5, 0.6) is 0 Å². The maximum atomic E-state index is 12.9. The van der Waals surface area contributed by atoms with E-state index in [0.717, 1.165) is 45.1 Å². The van der Waals surface area contributed by atoms with Crippen molar-refractivity contribution in [2.45, 2.75) is 88.9 Å². The molecule has 4 heterocycles. The molecule has 2 saturated carbocycles.